The Morgan fingerprint density at radius 3 is 2.33 bits per heavy atom. The van der Waals surface area contributed by atoms with E-state index in [4.69, 9.17) is 0 Å². The average molecular weight is 369 g/mol. The van der Waals surface area contributed by atoms with Crippen LogP contribution in [0.5, 0.6) is 0 Å². The monoisotopic (exact) mass is 369 g/mol. The van der Waals surface area contributed by atoms with Gasteiger partial charge < -0.3 is 21.0 Å². The van der Waals surface area contributed by atoms with Gasteiger partial charge in [0.1, 0.15) is 5.82 Å². The number of aromatic carboxylic acids is 1. The lowest BCUT2D eigenvalue weighted by Gasteiger charge is -2.12. The molecule has 1 amide bonds. The van der Waals surface area contributed by atoms with Gasteiger partial charge in [-0.05, 0) is 38.1 Å². The van der Waals surface area contributed by atoms with E-state index < -0.39 is 23.4 Å². The molecule has 3 rings (SSSR count). The highest BCUT2D eigenvalue weighted by Gasteiger charge is 2.16. The number of halogens is 1. The van der Waals surface area contributed by atoms with Gasteiger partial charge >= 0.3 is 0 Å². The van der Waals surface area contributed by atoms with Crippen molar-refractivity contribution in [1.29, 1.82) is 0 Å². The second-order valence-corrected chi connectivity index (χ2v) is 6.19. The minimum atomic E-state index is -1.57. The van der Waals surface area contributed by atoms with Gasteiger partial charge in [-0.25, -0.2) is 9.37 Å². The second-order valence-electron chi connectivity index (χ2n) is 6.19. The first-order valence-electron chi connectivity index (χ1n) is 8.29. The first-order chi connectivity index (χ1) is 12.8. The molecule has 0 aliphatic carbocycles. The van der Waals surface area contributed by atoms with Crippen molar-refractivity contribution in [2.45, 2.75) is 19.9 Å². The third kappa shape index (κ3) is 5.32. The Kier molecular flexibility index (Phi) is 6.56. The van der Waals surface area contributed by atoms with Crippen LogP contribution in [0.2, 0.25) is 0 Å². The fourth-order valence-corrected chi connectivity index (χ4v) is 2.20. The molecule has 2 aromatic carbocycles. The van der Waals surface area contributed by atoms with Gasteiger partial charge in [0, 0.05) is 5.39 Å². The van der Waals surface area contributed by atoms with Crippen LogP contribution >= 0.6 is 0 Å². The van der Waals surface area contributed by atoms with Gasteiger partial charge in [-0.15, -0.1) is 0 Å². The predicted octanol–water partition coefficient (Wildman–Crippen LogP) is 1.63. The van der Waals surface area contributed by atoms with Gasteiger partial charge in [-0.2, -0.15) is 0 Å². The summed E-state index contributed by atoms with van der Waals surface area (Å²) >= 11 is 0. The highest BCUT2D eigenvalue weighted by molar-refractivity contribution is 6.11. The van der Waals surface area contributed by atoms with E-state index in [0.29, 0.717) is 16.9 Å². The number of carboxylic acids is 1. The molecule has 4 N–H and O–H groups in total. The molecule has 0 fully saturated rings. The summed E-state index contributed by atoms with van der Waals surface area (Å²) in [5, 5.41) is 14.2. The summed E-state index contributed by atoms with van der Waals surface area (Å²) in [6, 6.07) is 14.3. The number of hydrogen-bond acceptors (Lipinski definition) is 4. The number of nitrogens with zero attached hydrogens (tertiary/aromatic N) is 1. The highest BCUT2D eigenvalue weighted by Crippen LogP contribution is 2.19. The van der Waals surface area contributed by atoms with Crippen molar-refractivity contribution < 1.29 is 24.8 Å². The largest absolute Gasteiger partial charge is 0.543 e. The summed E-state index contributed by atoms with van der Waals surface area (Å²) in [5.41, 5.74) is 3.34. The van der Waals surface area contributed by atoms with E-state index in [1.807, 2.05) is 0 Å². The van der Waals surface area contributed by atoms with Crippen LogP contribution in [-0.2, 0) is 0 Å². The van der Waals surface area contributed by atoms with Crippen molar-refractivity contribution in [3.8, 4) is 0 Å². The highest BCUT2D eigenvalue weighted by atomic mass is 19.1. The average Bonchev–Trinajstić information content (AvgIpc) is 2.62. The molecule has 0 atom stereocenters. The summed E-state index contributed by atoms with van der Waals surface area (Å²) in [4.78, 5) is 27.5. The quantitative estimate of drug-likeness (QED) is 0.731. The SMILES string of the molecule is CC(C)[NH3+].O=C(Nc1ccccc1F)c1cc2ccccc2nc1C(=O)[O-]. The number of benzene rings is 2. The minimum Gasteiger partial charge on any atom is -0.543 e. The number of amides is 1. The fourth-order valence-electron chi connectivity index (χ4n) is 2.20. The van der Waals surface area contributed by atoms with Gasteiger partial charge in [-0.1, -0.05) is 30.3 Å². The molecule has 0 radical (unpaired) electrons. The molecule has 1 aromatic heterocycles. The number of quaternary nitrogens is 1. The van der Waals surface area contributed by atoms with Crippen LogP contribution in [0, 0.1) is 5.82 Å². The third-order valence-corrected chi connectivity index (χ3v) is 3.28. The van der Waals surface area contributed by atoms with Crippen LogP contribution < -0.4 is 16.2 Å². The van der Waals surface area contributed by atoms with E-state index in [9.17, 15) is 19.1 Å². The Morgan fingerprint density at radius 1 is 1.11 bits per heavy atom. The summed E-state index contributed by atoms with van der Waals surface area (Å²) in [5.74, 6) is -2.97. The molecule has 0 unspecified atom stereocenters. The smallest absolute Gasteiger partial charge is 0.258 e. The maximum absolute atomic E-state index is 13.6. The molecule has 0 aliphatic heterocycles. The molecule has 6 nitrogen and oxygen atoms in total. The molecule has 3 aromatic rings. The van der Waals surface area contributed by atoms with Crippen LogP contribution in [0.1, 0.15) is 34.7 Å². The van der Waals surface area contributed by atoms with Crippen LogP contribution in [0.15, 0.2) is 54.6 Å². The van der Waals surface area contributed by atoms with Crippen LogP contribution in [0.3, 0.4) is 0 Å². The molecule has 0 spiro atoms. The van der Waals surface area contributed by atoms with Crippen molar-refractivity contribution in [3.05, 3.63) is 71.7 Å². The maximum atomic E-state index is 13.6. The number of hydrogen-bond donors (Lipinski definition) is 2. The summed E-state index contributed by atoms with van der Waals surface area (Å²) in [6.07, 6.45) is 0. The molecule has 0 saturated heterocycles. The molecule has 7 heteroatoms. The molecule has 1 heterocycles. The van der Waals surface area contributed by atoms with E-state index in [-0.39, 0.29) is 11.3 Å². The van der Waals surface area contributed by atoms with Crippen molar-refractivity contribution in [3.63, 3.8) is 0 Å². The zero-order valence-electron chi connectivity index (χ0n) is 15.0. The molecule has 0 bridgehead atoms. The van der Waals surface area contributed by atoms with E-state index in [0.717, 1.165) is 0 Å². The topological polar surface area (TPSA) is 110 Å². The number of carbonyl (C=O) groups excluding carboxylic acids is 2. The van der Waals surface area contributed by atoms with Crippen molar-refractivity contribution >= 4 is 28.5 Å². The first-order valence-corrected chi connectivity index (χ1v) is 8.29. The van der Waals surface area contributed by atoms with Crippen LogP contribution in [-0.4, -0.2) is 22.9 Å². The van der Waals surface area contributed by atoms with Gasteiger partial charge in [0.2, 0.25) is 0 Å². The predicted molar refractivity (Wildman–Crippen MR) is 98.5 cm³/mol. The van der Waals surface area contributed by atoms with Gasteiger partial charge in [0.05, 0.1) is 34.5 Å². The fraction of sp³-hybridized carbons (Fsp3) is 0.150. The van der Waals surface area contributed by atoms with Crippen LogP contribution in [0.25, 0.3) is 10.9 Å². The third-order valence-electron chi connectivity index (χ3n) is 3.28. The van der Waals surface area contributed by atoms with Crippen LogP contribution in [0.4, 0.5) is 10.1 Å². The second kappa shape index (κ2) is 8.86. The number of para-hydroxylation sites is 2. The number of aromatic nitrogens is 1. The summed E-state index contributed by atoms with van der Waals surface area (Å²) in [7, 11) is 0. The Bertz CT molecular complexity index is 971. The van der Waals surface area contributed by atoms with Crippen molar-refractivity contribution in [1.82, 2.24) is 4.98 Å². The van der Waals surface area contributed by atoms with E-state index >= 15 is 0 Å². The molecular weight excluding hydrogens is 349 g/mol. The van der Waals surface area contributed by atoms with Gasteiger partial charge in [0.25, 0.3) is 5.91 Å². The first kappa shape index (κ1) is 20.0. The van der Waals surface area contributed by atoms with E-state index in [1.54, 1.807) is 30.3 Å². The van der Waals surface area contributed by atoms with Gasteiger partial charge in [0.15, 0.2) is 0 Å². The standard InChI is InChI=1S/C17H11FN2O3.C3H9N/c18-12-6-2-4-8-14(12)20-16(21)11-9-10-5-1-3-7-13(10)19-15(11)17(22)23;1-3(2)4/h1-9H,(H,20,21)(H,22,23);3H,4H2,1-2H3. The Morgan fingerprint density at radius 2 is 1.70 bits per heavy atom. The van der Waals surface area contributed by atoms with Gasteiger partial charge in [-0.3, -0.25) is 4.79 Å². The van der Waals surface area contributed by atoms with Crippen molar-refractivity contribution in [2.24, 2.45) is 0 Å². The molecule has 0 aliphatic rings. The zero-order chi connectivity index (χ0) is 20.0. The summed E-state index contributed by atoms with van der Waals surface area (Å²) < 4.78 is 13.6. The molecule has 0 saturated carbocycles. The number of carboxylic acid groups (broad SMARTS) is 1. The molecular formula is C20H20FN3O3. The Hall–Kier alpha value is -3.32. The minimum absolute atomic E-state index is 0.0463. The number of pyridine rings is 1. The van der Waals surface area contributed by atoms with E-state index in [2.05, 4.69) is 29.9 Å². The molecule has 27 heavy (non-hydrogen) atoms. The summed E-state index contributed by atoms with van der Waals surface area (Å²) in [6.45, 7) is 4.11. The molecule has 140 valence electrons. The van der Waals surface area contributed by atoms with Crippen molar-refractivity contribution in [2.75, 3.05) is 5.32 Å². The van der Waals surface area contributed by atoms with E-state index in [1.165, 1.54) is 24.3 Å². The lowest BCUT2D eigenvalue weighted by Crippen LogP contribution is -2.57. The Labute approximate surface area is 155 Å². The lowest BCUT2D eigenvalue weighted by molar-refractivity contribution is -0.407. The zero-order valence-corrected chi connectivity index (χ0v) is 15.0. The normalized spacial score (nSPS) is 10.3. The lowest BCUT2D eigenvalue weighted by atomic mass is 10.1. The number of rotatable bonds is 3. The Balaban J connectivity index is 0.000000596. The number of nitrogens with one attached hydrogen (secondary N) is 1. The number of anilines is 1. The maximum Gasteiger partial charge on any atom is 0.258 e. The number of carbonyl (C=O) groups is 2. The number of fused-ring (bicyclic) bond motifs is 1.